The van der Waals surface area contributed by atoms with Gasteiger partial charge in [0, 0.05) is 15.1 Å². The van der Waals surface area contributed by atoms with Crippen LogP contribution >= 0.6 is 27.7 Å². The van der Waals surface area contributed by atoms with Crippen LogP contribution in [-0.2, 0) is 12.2 Å². The smallest absolute Gasteiger partial charge is 0.123 e. The molecule has 17 heavy (non-hydrogen) atoms. The molecule has 3 rings (SSSR count). The van der Waals surface area contributed by atoms with Crippen LogP contribution < -0.4 is 0 Å². The van der Waals surface area contributed by atoms with Gasteiger partial charge in [-0.05, 0) is 57.2 Å². The number of benzene rings is 2. The molecule has 0 radical (unpaired) electrons. The molecular formula is C14H10BrFS. The van der Waals surface area contributed by atoms with Gasteiger partial charge < -0.3 is 0 Å². The van der Waals surface area contributed by atoms with Gasteiger partial charge in [-0.1, -0.05) is 18.2 Å². The zero-order chi connectivity index (χ0) is 11.8. The van der Waals surface area contributed by atoms with E-state index in [1.165, 1.54) is 16.0 Å². The fourth-order valence-electron chi connectivity index (χ4n) is 2.11. The van der Waals surface area contributed by atoms with Crippen molar-refractivity contribution in [3.05, 3.63) is 63.4 Å². The number of thioether (sulfide) groups is 1. The summed E-state index contributed by atoms with van der Waals surface area (Å²) in [5, 5.41) is 0. The standard InChI is InChI=1S/C14H10BrFS/c15-13-3-1-2-10-6-9-4-5-12(16)7-11(9)8-17-14(10)13/h1-5,7H,6,8H2. The van der Waals surface area contributed by atoms with Crippen LogP contribution in [0.15, 0.2) is 45.8 Å². The molecule has 86 valence electrons. The highest BCUT2D eigenvalue weighted by Gasteiger charge is 2.15. The molecule has 1 aliphatic heterocycles. The van der Waals surface area contributed by atoms with E-state index in [0.717, 1.165) is 22.2 Å². The Kier molecular flexibility index (Phi) is 2.97. The Morgan fingerprint density at radius 1 is 1.06 bits per heavy atom. The Labute approximate surface area is 112 Å². The van der Waals surface area contributed by atoms with Crippen LogP contribution in [0.3, 0.4) is 0 Å². The molecule has 3 heteroatoms. The average molecular weight is 309 g/mol. The van der Waals surface area contributed by atoms with Crippen LogP contribution in [0.4, 0.5) is 4.39 Å². The van der Waals surface area contributed by atoms with Gasteiger partial charge in [0.1, 0.15) is 5.82 Å². The van der Waals surface area contributed by atoms with E-state index in [9.17, 15) is 4.39 Å². The van der Waals surface area contributed by atoms with Crippen LogP contribution in [0.1, 0.15) is 16.7 Å². The van der Waals surface area contributed by atoms with Gasteiger partial charge in [0.05, 0.1) is 0 Å². The van der Waals surface area contributed by atoms with Gasteiger partial charge in [0.15, 0.2) is 0 Å². The molecule has 2 aromatic rings. The van der Waals surface area contributed by atoms with Crippen molar-refractivity contribution in [2.45, 2.75) is 17.1 Å². The highest BCUT2D eigenvalue weighted by atomic mass is 79.9. The first kappa shape index (κ1) is 11.3. The average Bonchev–Trinajstić information content (AvgIpc) is 2.49. The topological polar surface area (TPSA) is 0 Å². The largest absolute Gasteiger partial charge is 0.207 e. The first-order valence-electron chi connectivity index (χ1n) is 5.41. The Bertz CT molecular complexity index is 580. The lowest BCUT2D eigenvalue weighted by atomic mass is 10.0. The van der Waals surface area contributed by atoms with Crippen LogP contribution in [0.5, 0.6) is 0 Å². The second-order valence-corrected chi connectivity index (χ2v) is 5.95. The summed E-state index contributed by atoms with van der Waals surface area (Å²) in [6.45, 7) is 0. The highest BCUT2D eigenvalue weighted by molar-refractivity contribution is 9.10. The molecule has 1 heterocycles. The Morgan fingerprint density at radius 3 is 2.82 bits per heavy atom. The van der Waals surface area contributed by atoms with Gasteiger partial charge in [0.2, 0.25) is 0 Å². The summed E-state index contributed by atoms with van der Waals surface area (Å²) in [6, 6.07) is 11.4. The van der Waals surface area contributed by atoms with Crippen LogP contribution in [-0.4, -0.2) is 0 Å². The third kappa shape index (κ3) is 2.14. The summed E-state index contributed by atoms with van der Waals surface area (Å²) in [5.74, 6) is 0.692. The lowest BCUT2D eigenvalue weighted by Gasteiger charge is -2.06. The molecule has 0 unspecified atom stereocenters. The fraction of sp³-hybridized carbons (Fsp3) is 0.143. The van der Waals surface area contributed by atoms with Crippen molar-refractivity contribution in [3.8, 4) is 0 Å². The SMILES string of the molecule is Fc1ccc2c(c1)CSc1c(Br)cccc1C2. The first-order valence-corrected chi connectivity index (χ1v) is 7.19. The number of hydrogen-bond donors (Lipinski definition) is 0. The molecule has 0 amide bonds. The van der Waals surface area contributed by atoms with Crippen LogP contribution in [0.2, 0.25) is 0 Å². The number of rotatable bonds is 0. The van der Waals surface area contributed by atoms with Gasteiger partial charge in [-0.2, -0.15) is 0 Å². The molecule has 2 aromatic carbocycles. The third-order valence-electron chi connectivity index (χ3n) is 2.97. The zero-order valence-corrected chi connectivity index (χ0v) is 11.4. The van der Waals surface area contributed by atoms with Gasteiger partial charge in [-0.25, -0.2) is 4.39 Å². The van der Waals surface area contributed by atoms with Crippen molar-refractivity contribution in [2.24, 2.45) is 0 Å². The number of halogens is 2. The van der Waals surface area contributed by atoms with Gasteiger partial charge in [-0.3, -0.25) is 0 Å². The van der Waals surface area contributed by atoms with E-state index < -0.39 is 0 Å². The molecule has 0 aromatic heterocycles. The summed E-state index contributed by atoms with van der Waals surface area (Å²) in [6.07, 6.45) is 0.886. The van der Waals surface area contributed by atoms with Gasteiger partial charge in [-0.15, -0.1) is 11.8 Å². The molecule has 0 saturated carbocycles. The molecule has 0 fully saturated rings. The fourth-order valence-corrected chi connectivity index (χ4v) is 3.96. The van der Waals surface area contributed by atoms with E-state index in [-0.39, 0.29) is 5.82 Å². The van der Waals surface area contributed by atoms with E-state index in [2.05, 4.69) is 34.1 Å². The monoisotopic (exact) mass is 308 g/mol. The minimum absolute atomic E-state index is 0.144. The molecule has 0 spiro atoms. The second-order valence-electron chi connectivity index (χ2n) is 4.11. The van der Waals surface area contributed by atoms with Crippen molar-refractivity contribution in [1.82, 2.24) is 0 Å². The van der Waals surface area contributed by atoms with Crippen molar-refractivity contribution in [3.63, 3.8) is 0 Å². The van der Waals surface area contributed by atoms with Crippen LogP contribution in [0, 0.1) is 5.82 Å². The number of hydrogen-bond acceptors (Lipinski definition) is 1. The maximum absolute atomic E-state index is 13.2. The summed E-state index contributed by atoms with van der Waals surface area (Å²) in [4.78, 5) is 1.28. The predicted molar refractivity (Wildman–Crippen MR) is 72.9 cm³/mol. The van der Waals surface area contributed by atoms with Crippen molar-refractivity contribution < 1.29 is 4.39 Å². The highest BCUT2D eigenvalue weighted by Crippen LogP contribution is 2.38. The maximum atomic E-state index is 13.2. The molecule has 0 atom stereocenters. The van der Waals surface area contributed by atoms with E-state index in [1.807, 2.05) is 6.07 Å². The first-order chi connectivity index (χ1) is 8.24. The van der Waals surface area contributed by atoms with E-state index in [1.54, 1.807) is 23.9 Å². The third-order valence-corrected chi connectivity index (χ3v) is 5.12. The molecule has 0 bridgehead atoms. The Hall–Kier alpha value is -0.800. The van der Waals surface area contributed by atoms with Gasteiger partial charge >= 0.3 is 0 Å². The summed E-state index contributed by atoms with van der Waals surface area (Å²) in [5.41, 5.74) is 3.66. The summed E-state index contributed by atoms with van der Waals surface area (Å²) >= 11 is 5.36. The molecule has 0 nitrogen and oxygen atoms in total. The normalized spacial score (nSPS) is 13.8. The predicted octanol–water partition coefficient (Wildman–Crippen LogP) is 4.78. The van der Waals surface area contributed by atoms with Crippen molar-refractivity contribution in [1.29, 1.82) is 0 Å². The lowest BCUT2D eigenvalue weighted by molar-refractivity contribution is 0.625. The van der Waals surface area contributed by atoms with Gasteiger partial charge in [0.25, 0.3) is 0 Å². The Balaban J connectivity index is 2.10. The van der Waals surface area contributed by atoms with E-state index in [0.29, 0.717) is 0 Å². The quantitative estimate of drug-likeness (QED) is 0.674. The summed E-state index contributed by atoms with van der Waals surface area (Å²) < 4.78 is 14.3. The molecule has 1 aliphatic rings. The minimum atomic E-state index is -0.144. The maximum Gasteiger partial charge on any atom is 0.123 e. The minimum Gasteiger partial charge on any atom is -0.207 e. The summed E-state index contributed by atoms with van der Waals surface area (Å²) in [7, 11) is 0. The molecular weight excluding hydrogens is 299 g/mol. The van der Waals surface area contributed by atoms with Crippen molar-refractivity contribution >= 4 is 27.7 Å². The lowest BCUT2D eigenvalue weighted by Crippen LogP contribution is -1.93. The van der Waals surface area contributed by atoms with E-state index in [4.69, 9.17) is 0 Å². The van der Waals surface area contributed by atoms with E-state index >= 15 is 0 Å². The van der Waals surface area contributed by atoms with Crippen molar-refractivity contribution in [2.75, 3.05) is 0 Å². The molecule has 0 N–H and O–H groups in total. The van der Waals surface area contributed by atoms with Crippen LogP contribution in [0.25, 0.3) is 0 Å². The molecule has 0 saturated heterocycles. The second kappa shape index (κ2) is 4.46. The zero-order valence-electron chi connectivity index (χ0n) is 9.04. The molecule has 0 aliphatic carbocycles. The Morgan fingerprint density at radius 2 is 1.94 bits per heavy atom. The number of fused-ring (bicyclic) bond motifs is 2.